The van der Waals surface area contributed by atoms with Gasteiger partial charge in [-0.15, -0.1) is 0 Å². The third kappa shape index (κ3) is 3.61. The first-order valence-electron chi connectivity index (χ1n) is 6.71. The average molecular weight is 295 g/mol. The number of piperazine rings is 1. The second-order valence-electron chi connectivity index (χ2n) is 4.85. The number of carbonyl (C=O) groups is 1. The van der Waals surface area contributed by atoms with E-state index in [4.69, 9.17) is 5.73 Å². The molecule has 0 radical (unpaired) electrons. The fourth-order valence-corrected chi connectivity index (χ4v) is 2.70. The van der Waals surface area contributed by atoms with Crippen molar-refractivity contribution in [1.82, 2.24) is 19.8 Å². The van der Waals surface area contributed by atoms with Gasteiger partial charge in [0.1, 0.15) is 0 Å². The van der Waals surface area contributed by atoms with Crippen LogP contribution < -0.4 is 5.73 Å². The van der Waals surface area contributed by atoms with Crippen LogP contribution in [0.15, 0.2) is 6.20 Å². The van der Waals surface area contributed by atoms with Crippen molar-refractivity contribution in [2.45, 2.75) is 6.92 Å². The Morgan fingerprint density at radius 1 is 1.40 bits per heavy atom. The van der Waals surface area contributed by atoms with Gasteiger partial charge in [0.15, 0.2) is 0 Å². The van der Waals surface area contributed by atoms with Crippen LogP contribution in [0.3, 0.4) is 0 Å². The molecule has 1 aromatic rings. The molecular weight excluding hydrogens is 274 g/mol. The molecule has 2 N–H and O–H groups in total. The first kappa shape index (κ1) is 15.1. The first-order valence-corrected chi connectivity index (χ1v) is 8.11. The summed E-state index contributed by atoms with van der Waals surface area (Å²) in [6.07, 6.45) is 3.64. The van der Waals surface area contributed by atoms with Crippen LogP contribution in [-0.2, 0) is 0 Å². The third-order valence-corrected chi connectivity index (χ3v) is 4.09. The number of nitrogens with zero attached hydrogens (tertiary/aromatic N) is 4. The van der Waals surface area contributed by atoms with Crippen LogP contribution in [0.2, 0.25) is 0 Å². The smallest absolute Gasteiger partial charge is 0.257 e. The Morgan fingerprint density at radius 2 is 2.10 bits per heavy atom. The topological polar surface area (TPSA) is 75.3 Å². The number of aromatic nitrogens is 2. The number of thioether (sulfide) groups is 1. The van der Waals surface area contributed by atoms with Crippen LogP contribution in [0.4, 0.5) is 5.95 Å². The third-order valence-electron chi connectivity index (χ3n) is 3.50. The number of amides is 1. The minimum Gasteiger partial charge on any atom is -0.368 e. The van der Waals surface area contributed by atoms with Crippen molar-refractivity contribution >= 4 is 23.6 Å². The Bertz CT molecular complexity index is 474. The van der Waals surface area contributed by atoms with Gasteiger partial charge in [0.25, 0.3) is 5.91 Å². The van der Waals surface area contributed by atoms with Gasteiger partial charge in [-0.2, -0.15) is 11.8 Å². The molecule has 2 heterocycles. The predicted octanol–water partition coefficient (Wildman–Crippen LogP) is 0.488. The number of hydrogen-bond acceptors (Lipinski definition) is 6. The van der Waals surface area contributed by atoms with E-state index in [9.17, 15) is 4.79 Å². The van der Waals surface area contributed by atoms with Gasteiger partial charge in [0, 0.05) is 44.7 Å². The molecule has 1 aromatic heterocycles. The fraction of sp³-hybridized carbons (Fsp3) is 0.615. The monoisotopic (exact) mass is 295 g/mol. The Kier molecular flexibility index (Phi) is 5.19. The highest BCUT2D eigenvalue weighted by molar-refractivity contribution is 7.98. The maximum absolute atomic E-state index is 12.4. The lowest BCUT2D eigenvalue weighted by Gasteiger charge is -2.34. The summed E-state index contributed by atoms with van der Waals surface area (Å²) in [6.45, 7) is 6.27. The second-order valence-corrected chi connectivity index (χ2v) is 5.84. The molecule has 0 aliphatic carbocycles. The fourth-order valence-electron chi connectivity index (χ4n) is 2.26. The van der Waals surface area contributed by atoms with Crippen LogP contribution in [0.1, 0.15) is 16.1 Å². The highest BCUT2D eigenvalue weighted by Crippen LogP contribution is 2.11. The Balaban J connectivity index is 1.94. The Hall–Kier alpha value is -1.34. The van der Waals surface area contributed by atoms with E-state index in [1.54, 1.807) is 6.92 Å². The Morgan fingerprint density at radius 3 is 2.70 bits per heavy atom. The number of anilines is 1. The zero-order chi connectivity index (χ0) is 14.5. The van der Waals surface area contributed by atoms with Gasteiger partial charge in [-0.3, -0.25) is 9.69 Å². The summed E-state index contributed by atoms with van der Waals surface area (Å²) >= 11 is 1.85. The van der Waals surface area contributed by atoms with Crippen molar-refractivity contribution in [3.8, 4) is 0 Å². The molecule has 7 heteroatoms. The van der Waals surface area contributed by atoms with Crippen molar-refractivity contribution < 1.29 is 4.79 Å². The number of hydrogen-bond donors (Lipinski definition) is 1. The summed E-state index contributed by atoms with van der Waals surface area (Å²) in [4.78, 5) is 24.7. The summed E-state index contributed by atoms with van der Waals surface area (Å²) in [5.74, 6) is 1.35. The number of rotatable bonds is 4. The summed E-state index contributed by atoms with van der Waals surface area (Å²) < 4.78 is 0. The molecule has 0 unspecified atom stereocenters. The molecule has 1 aliphatic heterocycles. The van der Waals surface area contributed by atoms with E-state index in [0.29, 0.717) is 11.3 Å². The lowest BCUT2D eigenvalue weighted by atomic mass is 10.2. The largest absolute Gasteiger partial charge is 0.368 e. The molecule has 110 valence electrons. The normalized spacial score (nSPS) is 16.4. The molecule has 0 bridgehead atoms. The van der Waals surface area contributed by atoms with E-state index in [1.165, 1.54) is 6.20 Å². The summed E-state index contributed by atoms with van der Waals surface area (Å²) in [5.41, 5.74) is 6.71. The van der Waals surface area contributed by atoms with E-state index < -0.39 is 0 Å². The standard InChI is InChI=1S/C13H21N5OS/c1-10-11(9-15-13(14)16-10)12(19)18-5-3-17(4-6-18)7-8-20-2/h9H,3-8H2,1-2H3,(H2,14,15,16). The van der Waals surface area contributed by atoms with Crippen molar-refractivity contribution in [3.05, 3.63) is 17.5 Å². The van der Waals surface area contributed by atoms with Gasteiger partial charge in [-0.25, -0.2) is 9.97 Å². The first-order chi connectivity index (χ1) is 9.61. The molecule has 1 saturated heterocycles. The number of aryl methyl sites for hydroxylation is 1. The molecule has 0 aromatic carbocycles. The molecule has 0 atom stereocenters. The number of nitrogens with two attached hydrogens (primary N) is 1. The van der Waals surface area contributed by atoms with Crippen LogP contribution >= 0.6 is 11.8 Å². The van der Waals surface area contributed by atoms with Gasteiger partial charge in [0.05, 0.1) is 11.3 Å². The maximum Gasteiger partial charge on any atom is 0.257 e. The number of nitrogen functional groups attached to an aromatic ring is 1. The molecule has 1 amide bonds. The van der Waals surface area contributed by atoms with Gasteiger partial charge in [-0.05, 0) is 13.2 Å². The van der Waals surface area contributed by atoms with Gasteiger partial charge in [-0.1, -0.05) is 0 Å². The molecular formula is C13H21N5OS. The van der Waals surface area contributed by atoms with Crippen LogP contribution in [-0.4, -0.2) is 70.4 Å². The minimum absolute atomic E-state index is 0.00650. The Labute approximate surface area is 123 Å². The van der Waals surface area contributed by atoms with E-state index in [1.807, 2.05) is 16.7 Å². The van der Waals surface area contributed by atoms with Crippen molar-refractivity contribution in [2.24, 2.45) is 0 Å². The predicted molar refractivity (Wildman–Crippen MR) is 81.9 cm³/mol. The quantitative estimate of drug-likeness (QED) is 0.871. The molecule has 1 aliphatic rings. The molecule has 2 rings (SSSR count). The van der Waals surface area contributed by atoms with Crippen molar-refractivity contribution in [1.29, 1.82) is 0 Å². The van der Waals surface area contributed by atoms with E-state index in [-0.39, 0.29) is 11.9 Å². The molecule has 20 heavy (non-hydrogen) atoms. The highest BCUT2D eigenvalue weighted by Gasteiger charge is 2.23. The van der Waals surface area contributed by atoms with Crippen LogP contribution in [0, 0.1) is 6.92 Å². The zero-order valence-electron chi connectivity index (χ0n) is 12.0. The zero-order valence-corrected chi connectivity index (χ0v) is 12.8. The second kappa shape index (κ2) is 6.90. The summed E-state index contributed by atoms with van der Waals surface area (Å²) in [6, 6.07) is 0. The molecule has 0 spiro atoms. The van der Waals surface area contributed by atoms with E-state index in [0.717, 1.165) is 38.5 Å². The van der Waals surface area contributed by atoms with Gasteiger partial charge < -0.3 is 10.6 Å². The van der Waals surface area contributed by atoms with Crippen LogP contribution in [0.25, 0.3) is 0 Å². The minimum atomic E-state index is 0.00650. The lowest BCUT2D eigenvalue weighted by Crippen LogP contribution is -2.49. The van der Waals surface area contributed by atoms with Crippen LogP contribution in [0.5, 0.6) is 0 Å². The summed E-state index contributed by atoms with van der Waals surface area (Å²) in [5, 5.41) is 0. The lowest BCUT2D eigenvalue weighted by molar-refractivity contribution is 0.0643. The average Bonchev–Trinajstić information content (AvgIpc) is 2.45. The maximum atomic E-state index is 12.4. The molecule has 1 fully saturated rings. The van der Waals surface area contributed by atoms with E-state index >= 15 is 0 Å². The van der Waals surface area contributed by atoms with Gasteiger partial charge >= 0.3 is 0 Å². The highest BCUT2D eigenvalue weighted by atomic mass is 32.2. The number of carbonyl (C=O) groups excluding carboxylic acids is 1. The SMILES string of the molecule is CSCCN1CCN(C(=O)c2cnc(N)nc2C)CC1. The molecule has 0 saturated carbocycles. The van der Waals surface area contributed by atoms with E-state index in [2.05, 4.69) is 21.1 Å². The van der Waals surface area contributed by atoms with Crippen molar-refractivity contribution in [3.63, 3.8) is 0 Å². The van der Waals surface area contributed by atoms with Gasteiger partial charge in [0.2, 0.25) is 5.95 Å². The van der Waals surface area contributed by atoms with Crippen molar-refractivity contribution in [2.75, 3.05) is 50.5 Å². The molecule has 6 nitrogen and oxygen atoms in total. The summed E-state index contributed by atoms with van der Waals surface area (Å²) in [7, 11) is 0.